The van der Waals surface area contributed by atoms with Crippen LogP contribution in [0.25, 0.3) is 0 Å². The van der Waals surface area contributed by atoms with Crippen LogP contribution in [0.2, 0.25) is 0 Å². The molecule has 1 fully saturated rings. The molecule has 1 N–H and O–H groups in total. The third-order valence-electron chi connectivity index (χ3n) is 5.48. The molecule has 2 heterocycles. The highest BCUT2D eigenvalue weighted by atomic mass is 16.5. The molecule has 0 aliphatic carbocycles. The smallest absolute Gasteiger partial charge is 0.262 e. The third-order valence-corrected chi connectivity index (χ3v) is 5.48. The zero-order chi connectivity index (χ0) is 22.9. The summed E-state index contributed by atoms with van der Waals surface area (Å²) in [5.74, 6) is 1.04. The van der Waals surface area contributed by atoms with E-state index in [9.17, 15) is 9.59 Å². The van der Waals surface area contributed by atoms with Crippen LogP contribution in [0, 0.1) is 0 Å². The Morgan fingerprint density at radius 1 is 0.939 bits per heavy atom. The number of likely N-dealkylation sites (tertiary alicyclic amines) is 1. The molecule has 0 saturated carbocycles. The van der Waals surface area contributed by atoms with Gasteiger partial charge in [0.15, 0.2) is 13.2 Å². The summed E-state index contributed by atoms with van der Waals surface area (Å²) in [6.45, 7) is 1.21. The van der Waals surface area contributed by atoms with Gasteiger partial charge in [0.1, 0.15) is 11.5 Å². The van der Waals surface area contributed by atoms with Crippen LogP contribution >= 0.6 is 0 Å². The minimum atomic E-state index is -0.258. The number of para-hydroxylation sites is 2. The minimum Gasteiger partial charge on any atom is -0.484 e. The molecular weight excluding hydrogens is 420 g/mol. The predicted molar refractivity (Wildman–Crippen MR) is 124 cm³/mol. The van der Waals surface area contributed by atoms with Crippen molar-refractivity contribution >= 4 is 17.5 Å². The second-order valence-corrected chi connectivity index (χ2v) is 7.94. The Hall–Kier alpha value is -3.81. The average molecular weight is 449 g/mol. The van der Waals surface area contributed by atoms with E-state index in [2.05, 4.69) is 10.4 Å². The quantitative estimate of drug-likeness (QED) is 0.543. The first-order valence-corrected chi connectivity index (χ1v) is 11.1. The molecule has 1 atom stereocenters. The van der Waals surface area contributed by atoms with E-state index >= 15 is 0 Å². The average Bonchev–Trinajstić information content (AvgIpc) is 3.29. The van der Waals surface area contributed by atoms with Gasteiger partial charge >= 0.3 is 0 Å². The van der Waals surface area contributed by atoms with Crippen molar-refractivity contribution in [2.45, 2.75) is 31.8 Å². The van der Waals surface area contributed by atoms with Crippen LogP contribution in [0.1, 0.15) is 19.3 Å². The van der Waals surface area contributed by atoms with Crippen LogP contribution in [0.4, 0.5) is 5.69 Å². The normalized spacial score (nSPS) is 15.6. The molecule has 3 aromatic rings. The number of anilines is 1. The van der Waals surface area contributed by atoms with Crippen molar-refractivity contribution in [1.29, 1.82) is 0 Å². The molecule has 1 aromatic heterocycles. The molecule has 0 radical (unpaired) electrons. The lowest BCUT2D eigenvalue weighted by Gasteiger charge is -2.35. The number of rotatable bonds is 9. The van der Waals surface area contributed by atoms with Gasteiger partial charge in [0.2, 0.25) is 0 Å². The third kappa shape index (κ3) is 6.58. The van der Waals surface area contributed by atoms with Gasteiger partial charge in [-0.25, -0.2) is 0 Å². The van der Waals surface area contributed by atoms with Gasteiger partial charge in [-0.05, 0) is 43.5 Å². The molecule has 8 nitrogen and oxygen atoms in total. The standard InChI is InChI=1S/C25H28N4O4/c30-24(18-32-22-10-3-1-4-11-22)27-20-15-26-28(16-20)17-21-9-7-8-14-29(21)25(31)19-33-23-12-5-2-6-13-23/h1-6,10-13,15-16,21H,7-9,14,17-19H2,(H,27,30)/t21-/m1/s1. The number of hydrogen-bond acceptors (Lipinski definition) is 5. The van der Waals surface area contributed by atoms with E-state index in [1.165, 1.54) is 0 Å². The number of carbonyl (C=O) groups is 2. The van der Waals surface area contributed by atoms with Crippen molar-refractivity contribution in [1.82, 2.24) is 14.7 Å². The lowest BCUT2D eigenvalue weighted by Crippen LogP contribution is -2.47. The number of amides is 2. The SMILES string of the molecule is O=C(COc1ccccc1)Nc1cnn(C[C@H]2CCCCN2C(=O)COc2ccccc2)c1. The van der Waals surface area contributed by atoms with E-state index < -0.39 is 0 Å². The van der Waals surface area contributed by atoms with Crippen molar-refractivity contribution in [3.8, 4) is 11.5 Å². The topological polar surface area (TPSA) is 85.7 Å². The first-order chi connectivity index (χ1) is 16.2. The lowest BCUT2D eigenvalue weighted by atomic mass is 10.0. The fourth-order valence-corrected chi connectivity index (χ4v) is 3.87. The van der Waals surface area contributed by atoms with E-state index in [0.717, 1.165) is 19.3 Å². The lowest BCUT2D eigenvalue weighted by molar-refractivity contribution is -0.137. The van der Waals surface area contributed by atoms with Gasteiger partial charge in [-0.15, -0.1) is 0 Å². The maximum absolute atomic E-state index is 12.8. The Kier molecular flexibility index (Phi) is 7.58. The van der Waals surface area contributed by atoms with E-state index in [-0.39, 0.29) is 31.1 Å². The molecule has 4 rings (SSSR count). The van der Waals surface area contributed by atoms with Crippen LogP contribution in [0.5, 0.6) is 11.5 Å². The number of carbonyl (C=O) groups excluding carboxylic acids is 2. The van der Waals surface area contributed by atoms with Crippen molar-refractivity contribution in [3.63, 3.8) is 0 Å². The van der Waals surface area contributed by atoms with Gasteiger partial charge in [-0.3, -0.25) is 14.3 Å². The second kappa shape index (κ2) is 11.2. The molecule has 1 saturated heterocycles. The van der Waals surface area contributed by atoms with Crippen LogP contribution < -0.4 is 14.8 Å². The maximum Gasteiger partial charge on any atom is 0.262 e. The van der Waals surface area contributed by atoms with Gasteiger partial charge in [0, 0.05) is 12.7 Å². The van der Waals surface area contributed by atoms with Gasteiger partial charge in [-0.1, -0.05) is 36.4 Å². The summed E-state index contributed by atoms with van der Waals surface area (Å²) >= 11 is 0. The molecule has 8 heteroatoms. The minimum absolute atomic E-state index is 0.0162. The Labute approximate surface area is 193 Å². The number of hydrogen-bond donors (Lipinski definition) is 1. The summed E-state index contributed by atoms with van der Waals surface area (Å²) in [7, 11) is 0. The van der Waals surface area contributed by atoms with Crippen molar-refractivity contribution in [2.24, 2.45) is 0 Å². The summed E-state index contributed by atoms with van der Waals surface area (Å²) in [5.41, 5.74) is 0.595. The summed E-state index contributed by atoms with van der Waals surface area (Å²) < 4.78 is 12.9. The number of nitrogens with one attached hydrogen (secondary N) is 1. The molecule has 2 amide bonds. The van der Waals surface area contributed by atoms with Gasteiger partial charge < -0.3 is 19.7 Å². The van der Waals surface area contributed by atoms with Crippen LogP contribution in [0.3, 0.4) is 0 Å². The molecule has 1 aliphatic rings. The monoisotopic (exact) mass is 448 g/mol. The fourth-order valence-electron chi connectivity index (χ4n) is 3.87. The van der Waals surface area contributed by atoms with Crippen molar-refractivity contribution in [2.75, 3.05) is 25.1 Å². The Bertz CT molecular complexity index is 1040. The molecule has 2 aromatic carbocycles. The molecule has 33 heavy (non-hydrogen) atoms. The highest BCUT2D eigenvalue weighted by molar-refractivity contribution is 5.91. The molecular formula is C25H28N4O4. The van der Waals surface area contributed by atoms with E-state index in [1.54, 1.807) is 29.2 Å². The van der Waals surface area contributed by atoms with Crippen molar-refractivity contribution < 1.29 is 19.1 Å². The second-order valence-electron chi connectivity index (χ2n) is 7.94. The molecule has 0 bridgehead atoms. The number of nitrogens with zero attached hydrogens (tertiary/aromatic N) is 3. The van der Waals surface area contributed by atoms with E-state index in [1.807, 2.05) is 53.4 Å². The molecule has 172 valence electrons. The summed E-state index contributed by atoms with van der Waals surface area (Å²) in [6.07, 6.45) is 6.33. The largest absolute Gasteiger partial charge is 0.484 e. The summed E-state index contributed by atoms with van der Waals surface area (Å²) in [4.78, 5) is 26.9. The summed E-state index contributed by atoms with van der Waals surface area (Å²) in [5, 5.41) is 7.16. The fraction of sp³-hybridized carbons (Fsp3) is 0.320. The van der Waals surface area contributed by atoms with E-state index in [0.29, 0.717) is 30.3 Å². The van der Waals surface area contributed by atoms with E-state index in [4.69, 9.17) is 9.47 Å². The molecule has 0 spiro atoms. The van der Waals surface area contributed by atoms with Crippen LogP contribution in [-0.4, -0.2) is 52.3 Å². The molecule has 0 unspecified atom stereocenters. The summed E-state index contributed by atoms with van der Waals surface area (Å²) in [6, 6.07) is 18.6. The highest BCUT2D eigenvalue weighted by Gasteiger charge is 2.27. The van der Waals surface area contributed by atoms with Crippen molar-refractivity contribution in [3.05, 3.63) is 73.1 Å². The molecule has 1 aliphatic heterocycles. The van der Waals surface area contributed by atoms with Crippen LogP contribution in [-0.2, 0) is 16.1 Å². The highest BCUT2D eigenvalue weighted by Crippen LogP contribution is 2.20. The van der Waals surface area contributed by atoms with Gasteiger partial charge in [0.05, 0.1) is 24.5 Å². The first kappa shape index (κ1) is 22.4. The predicted octanol–water partition coefficient (Wildman–Crippen LogP) is 3.36. The maximum atomic E-state index is 12.8. The first-order valence-electron chi connectivity index (χ1n) is 11.1. The zero-order valence-corrected chi connectivity index (χ0v) is 18.4. The number of ether oxygens (including phenoxy) is 2. The number of piperidine rings is 1. The Morgan fingerprint density at radius 3 is 2.30 bits per heavy atom. The zero-order valence-electron chi connectivity index (χ0n) is 18.4. The van der Waals surface area contributed by atoms with Gasteiger partial charge in [-0.2, -0.15) is 5.10 Å². The van der Waals surface area contributed by atoms with Gasteiger partial charge in [0.25, 0.3) is 11.8 Å². The number of aromatic nitrogens is 2. The van der Waals surface area contributed by atoms with Crippen LogP contribution in [0.15, 0.2) is 73.1 Å². The number of benzene rings is 2. The Balaban J connectivity index is 1.28. The Morgan fingerprint density at radius 2 is 1.61 bits per heavy atom.